The maximum Gasteiger partial charge on any atom is 0.318 e. The van der Waals surface area contributed by atoms with Crippen molar-refractivity contribution in [2.75, 3.05) is 12.4 Å². The van der Waals surface area contributed by atoms with Crippen LogP contribution in [0, 0.1) is 0 Å². The minimum atomic E-state index is -0.469. The Hall–Kier alpha value is -2.82. The molecule has 0 bridgehead atoms. The quantitative estimate of drug-likeness (QED) is 0.700. The van der Waals surface area contributed by atoms with E-state index in [9.17, 15) is 9.59 Å². The first-order valence-electron chi connectivity index (χ1n) is 9.97. The Labute approximate surface area is 166 Å². The zero-order valence-electron chi connectivity index (χ0n) is 16.8. The molecule has 1 atom stereocenters. The van der Waals surface area contributed by atoms with E-state index in [2.05, 4.69) is 47.1 Å². The highest BCUT2D eigenvalue weighted by Gasteiger charge is 2.45. The van der Waals surface area contributed by atoms with Crippen LogP contribution in [-0.4, -0.2) is 19.0 Å². The number of carbonyl (C=O) groups is 2. The smallest absolute Gasteiger partial charge is 0.318 e. The molecule has 0 aromatic heterocycles. The lowest BCUT2D eigenvalue weighted by atomic mass is 9.63. The molecule has 5 heteroatoms. The topological polar surface area (TPSA) is 70.2 Å². The summed E-state index contributed by atoms with van der Waals surface area (Å²) in [5, 5.41) is 8.49. The number of urea groups is 1. The minimum Gasteiger partial charge on any atom is -0.349 e. The molecule has 1 fully saturated rings. The Morgan fingerprint density at radius 3 is 2.18 bits per heavy atom. The molecule has 2 aromatic carbocycles. The van der Waals surface area contributed by atoms with Crippen LogP contribution < -0.4 is 16.0 Å². The Kier molecular flexibility index (Phi) is 6.02. The fourth-order valence-corrected chi connectivity index (χ4v) is 3.70. The van der Waals surface area contributed by atoms with Crippen LogP contribution in [0.1, 0.15) is 55.8 Å². The average Bonchev–Trinajstić information content (AvgIpc) is 2.68. The predicted octanol–water partition coefficient (Wildman–Crippen LogP) is 4.30. The number of carbonyl (C=O) groups excluding carboxylic acids is 2. The number of hydrogen-bond acceptors (Lipinski definition) is 2. The fraction of sp³-hybridized carbons (Fsp3) is 0.391. The van der Waals surface area contributed by atoms with Crippen molar-refractivity contribution in [3.63, 3.8) is 0 Å². The first-order valence-corrected chi connectivity index (χ1v) is 9.97. The fourth-order valence-electron chi connectivity index (χ4n) is 3.70. The lowest BCUT2D eigenvalue weighted by Gasteiger charge is -2.41. The van der Waals surface area contributed by atoms with Crippen LogP contribution in [0.3, 0.4) is 0 Å². The molecule has 0 heterocycles. The van der Waals surface area contributed by atoms with E-state index < -0.39 is 5.41 Å². The largest absolute Gasteiger partial charge is 0.349 e. The predicted molar refractivity (Wildman–Crippen MR) is 112 cm³/mol. The van der Waals surface area contributed by atoms with Crippen LogP contribution in [0.15, 0.2) is 48.5 Å². The van der Waals surface area contributed by atoms with Crippen molar-refractivity contribution in [1.82, 2.24) is 10.6 Å². The Balaban J connectivity index is 1.72. The maximum absolute atomic E-state index is 13.2. The van der Waals surface area contributed by atoms with E-state index in [1.807, 2.05) is 31.2 Å². The summed E-state index contributed by atoms with van der Waals surface area (Å²) in [6, 6.07) is 15.7. The van der Waals surface area contributed by atoms with Gasteiger partial charge in [-0.05, 0) is 55.0 Å². The van der Waals surface area contributed by atoms with E-state index in [0.717, 1.165) is 36.8 Å². The molecular formula is C23H29N3O2. The third kappa shape index (κ3) is 4.03. The van der Waals surface area contributed by atoms with Crippen LogP contribution in [0.25, 0.3) is 0 Å². The zero-order chi connectivity index (χ0) is 20.1. The summed E-state index contributed by atoms with van der Waals surface area (Å²) in [7, 11) is 1.58. The van der Waals surface area contributed by atoms with Gasteiger partial charge in [0, 0.05) is 12.7 Å². The lowest BCUT2D eigenvalue weighted by molar-refractivity contribution is -0.130. The van der Waals surface area contributed by atoms with Crippen molar-refractivity contribution in [2.45, 2.75) is 51.0 Å². The molecule has 0 saturated heterocycles. The van der Waals surface area contributed by atoms with Crippen LogP contribution in [0.4, 0.5) is 10.5 Å². The molecule has 0 spiro atoms. The molecule has 3 amide bonds. The molecule has 0 unspecified atom stereocenters. The Bertz CT molecular complexity index is 824. The van der Waals surface area contributed by atoms with Gasteiger partial charge in [0.1, 0.15) is 0 Å². The molecular weight excluding hydrogens is 350 g/mol. The van der Waals surface area contributed by atoms with E-state index >= 15 is 0 Å². The Morgan fingerprint density at radius 2 is 1.68 bits per heavy atom. The summed E-state index contributed by atoms with van der Waals surface area (Å²) >= 11 is 0. The molecule has 1 saturated carbocycles. The van der Waals surface area contributed by atoms with E-state index in [0.29, 0.717) is 5.69 Å². The summed E-state index contributed by atoms with van der Waals surface area (Å²) < 4.78 is 0. The third-order valence-corrected chi connectivity index (χ3v) is 5.80. The van der Waals surface area contributed by atoms with Gasteiger partial charge < -0.3 is 16.0 Å². The van der Waals surface area contributed by atoms with E-state index in [-0.39, 0.29) is 18.0 Å². The Morgan fingerprint density at radius 1 is 1.04 bits per heavy atom. The van der Waals surface area contributed by atoms with E-state index in [1.54, 1.807) is 7.05 Å². The van der Waals surface area contributed by atoms with E-state index in [4.69, 9.17) is 0 Å². The molecule has 0 radical (unpaired) electrons. The number of benzene rings is 2. The van der Waals surface area contributed by atoms with Crippen molar-refractivity contribution >= 4 is 17.6 Å². The van der Waals surface area contributed by atoms with Gasteiger partial charge in [0.15, 0.2) is 0 Å². The second kappa shape index (κ2) is 8.46. The lowest BCUT2D eigenvalue weighted by Crippen LogP contribution is -2.49. The van der Waals surface area contributed by atoms with Gasteiger partial charge in [0.25, 0.3) is 0 Å². The SMILES string of the molecule is CCc1ccc([C@@H](C)NC(=O)C2(c3ccc(NC(=O)NC)cc3)CCC2)cc1. The van der Waals surface area contributed by atoms with Gasteiger partial charge >= 0.3 is 6.03 Å². The molecule has 28 heavy (non-hydrogen) atoms. The first-order chi connectivity index (χ1) is 13.5. The number of nitrogens with one attached hydrogen (secondary N) is 3. The van der Waals surface area contributed by atoms with Crippen LogP contribution >= 0.6 is 0 Å². The summed E-state index contributed by atoms with van der Waals surface area (Å²) in [6.07, 6.45) is 3.76. The highest BCUT2D eigenvalue weighted by molar-refractivity contribution is 5.91. The molecule has 3 rings (SSSR count). The van der Waals surface area contributed by atoms with Crippen LogP contribution in [0.5, 0.6) is 0 Å². The number of aryl methyl sites for hydroxylation is 1. The summed E-state index contributed by atoms with van der Waals surface area (Å²) in [6.45, 7) is 4.16. The monoisotopic (exact) mass is 379 g/mol. The van der Waals surface area contributed by atoms with Crippen molar-refractivity contribution in [3.05, 3.63) is 65.2 Å². The zero-order valence-corrected chi connectivity index (χ0v) is 16.8. The minimum absolute atomic E-state index is 0.0370. The van der Waals surface area contributed by atoms with Gasteiger partial charge in [0.2, 0.25) is 5.91 Å². The number of hydrogen-bond donors (Lipinski definition) is 3. The van der Waals surface area contributed by atoms with Crippen molar-refractivity contribution < 1.29 is 9.59 Å². The molecule has 3 N–H and O–H groups in total. The second-order valence-corrected chi connectivity index (χ2v) is 7.51. The maximum atomic E-state index is 13.2. The third-order valence-electron chi connectivity index (χ3n) is 5.80. The standard InChI is InChI=1S/C23H29N3O2/c1-4-17-6-8-18(9-7-17)16(2)25-21(27)23(14-5-15-23)19-10-12-20(13-11-19)26-22(28)24-3/h6-13,16H,4-5,14-15H2,1-3H3,(H,25,27)(H2,24,26,28)/t16-/m1/s1. The molecule has 2 aromatic rings. The number of amides is 3. The molecule has 0 aliphatic heterocycles. The van der Waals surface area contributed by atoms with Crippen LogP contribution in [-0.2, 0) is 16.6 Å². The highest BCUT2D eigenvalue weighted by atomic mass is 16.2. The first kappa shape index (κ1) is 19.9. The highest BCUT2D eigenvalue weighted by Crippen LogP contribution is 2.44. The van der Waals surface area contributed by atoms with E-state index in [1.165, 1.54) is 5.56 Å². The number of rotatable bonds is 6. The molecule has 148 valence electrons. The normalized spacial score (nSPS) is 15.8. The average molecular weight is 380 g/mol. The summed E-state index contributed by atoms with van der Waals surface area (Å²) in [4.78, 5) is 24.6. The van der Waals surface area contributed by atoms with Gasteiger partial charge in [-0.25, -0.2) is 4.79 Å². The van der Waals surface area contributed by atoms with Gasteiger partial charge in [-0.2, -0.15) is 0 Å². The van der Waals surface area contributed by atoms with Crippen LogP contribution in [0.2, 0.25) is 0 Å². The van der Waals surface area contributed by atoms with Gasteiger partial charge in [-0.3, -0.25) is 4.79 Å². The summed E-state index contributed by atoms with van der Waals surface area (Å²) in [5.74, 6) is 0.0813. The molecule has 5 nitrogen and oxygen atoms in total. The van der Waals surface area contributed by atoms with Gasteiger partial charge in [-0.15, -0.1) is 0 Å². The molecule has 1 aliphatic carbocycles. The van der Waals surface area contributed by atoms with Crippen molar-refractivity contribution in [3.8, 4) is 0 Å². The van der Waals surface area contributed by atoms with Gasteiger partial charge in [-0.1, -0.05) is 49.7 Å². The van der Waals surface area contributed by atoms with Gasteiger partial charge in [0.05, 0.1) is 11.5 Å². The second-order valence-electron chi connectivity index (χ2n) is 7.51. The number of anilines is 1. The summed E-state index contributed by atoms with van der Waals surface area (Å²) in [5.41, 5.74) is 3.66. The van der Waals surface area contributed by atoms with Crippen molar-refractivity contribution in [1.29, 1.82) is 0 Å². The molecule has 1 aliphatic rings. The van der Waals surface area contributed by atoms with Crippen molar-refractivity contribution in [2.24, 2.45) is 0 Å².